The van der Waals surface area contributed by atoms with Gasteiger partial charge in [0.25, 0.3) is 5.91 Å². The maximum Gasteiger partial charge on any atom is 0.270 e. The predicted octanol–water partition coefficient (Wildman–Crippen LogP) is 5.21. The quantitative estimate of drug-likeness (QED) is 0.496. The number of benzene rings is 2. The first-order valence-corrected chi connectivity index (χ1v) is 10.6. The van der Waals surface area contributed by atoms with Crippen molar-refractivity contribution in [1.29, 1.82) is 0 Å². The number of aromatic amines is 1. The number of nitrogens with one attached hydrogen (secondary N) is 1. The van der Waals surface area contributed by atoms with E-state index < -0.39 is 0 Å². The van der Waals surface area contributed by atoms with Crippen LogP contribution in [0, 0.1) is 12.7 Å². The Morgan fingerprint density at radius 2 is 2.06 bits per heavy atom. The van der Waals surface area contributed by atoms with Crippen molar-refractivity contribution in [2.45, 2.75) is 32.1 Å². The lowest BCUT2D eigenvalue weighted by Crippen LogP contribution is -2.39. The standard InChI is InChI=1S/C25H24FN3O2/c1-16-4-7-18-13-23(28-22(18)11-16)25(30)29-10-2-3-19(15-29)24-27-14-21(31-24)12-17-5-8-20(26)9-6-17/h4-9,11,13-14,19,28H,2-3,10,12,15H2,1H3. The Morgan fingerprint density at radius 3 is 2.90 bits per heavy atom. The number of oxazole rings is 1. The third kappa shape index (κ3) is 4.10. The normalized spacial score (nSPS) is 16.7. The molecule has 1 unspecified atom stereocenters. The molecule has 1 aliphatic rings. The third-order valence-corrected chi connectivity index (χ3v) is 5.93. The zero-order chi connectivity index (χ0) is 21.4. The van der Waals surface area contributed by atoms with E-state index in [2.05, 4.69) is 16.0 Å². The molecule has 0 aliphatic carbocycles. The maximum atomic E-state index is 13.1. The Hall–Kier alpha value is -3.41. The van der Waals surface area contributed by atoms with Gasteiger partial charge in [0.15, 0.2) is 5.89 Å². The Bertz CT molecular complexity index is 1230. The minimum absolute atomic E-state index is 0.0108. The first kappa shape index (κ1) is 19.5. The van der Waals surface area contributed by atoms with Crippen molar-refractivity contribution in [3.63, 3.8) is 0 Å². The summed E-state index contributed by atoms with van der Waals surface area (Å²) in [5, 5.41) is 1.04. The van der Waals surface area contributed by atoms with Gasteiger partial charge in [-0.2, -0.15) is 0 Å². The van der Waals surface area contributed by atoms with Gasteiger partial charge in [-0.15, -0.1) is 0 Å². The molecule has 6 heteroatoms. The highest BCUT2D eigenvalue weighted by molar-refractivity contribution is 5.98. The molecule has 3 heterocycles. The van der Waals surface area contributed by atoms with E-state index in [-0.39, 0.29) is 17.6 Å². The highest BCUT2D eigenvalue weighted by Crippen LogP contribution is 2.28. The molecule has 158 valence electrons. The number of aryl methyl sites for hydroxylation is 1. The number of halogens is 1. The summed E-state index contributed by atoms with van der Waals surface area (Å²) in [4.78, 5) is 22.7. The summed E-state index contributed by atoms with van der Waals surface area (Å²) in [7, 11) is 0. The lowest BCUT2D eigenvalue weighted by atomic mass is 9.97. The summed E-state index contributed by atoms with van der Waals surface area (Å²) in [6.07, 6.45) is 4.15. The fourth-order valence-corrected chi connectivity index (χ4v) is 4.29. The Morgan fingerprint density at radius 1 is 1.23 bits per heavy atom. The van der Waals surface area contributed by atoms with Gasteiger partial charge in [0.1, 0.15) is 17.3 Å². The average Bonchev–Trinajstić information content (AvgIpc) is 3.42. The number of hydrogen-bond donors (Lipinski definition) is 1. The minimum Gasteiger partial charge on any atom is -0.445 e. The molecule has 0 saturated carbocycles. The van der Waals surface area contributed by atoms with Crippen molar-refractivity contribution in [3.8, 4) is 0 Å². The number of aromatic nitrogens is 2. The van der Waals surface area contributed by atoms with Gasteiger partial charge in [0.2, 0.25) is 0 Å². The zero-order valence-electron chi connectivity index (χ0n) is 17.4. The van der Waals surface area contributed by atoms with E-state index in [0.29, 0.717) is 24.6 Å². The molecular weight excluding hydrogens is 393 g/mol. The average molecular weight is 417 g/mol. The van der Waals surface area contributed by atoms with Crippen LogP contribution < -0.4 is 0 Å². The molecule has 1 saturated heterocycles. The minimum atomic E-state index is -0.251. The summed E-state index contributed by atoms with van der Waals surface area (Å²) in [6.45, 7) is 3.36. The van der Waals surface area contributed by atoms with E-state index in [0.717, 1.165) is 47.2 Å². The van der Waals surface area contributed by atoms with E-state index in [1.54, 1.807) is 18.3 Å². The Labute approximate surface area is 179 Å². The zero-order valence-corrected chi connectivity index (χ0v) is 17.4. The Kier molecular flexibility index (Phi) is 5.06. The molecule has 1 amide bonds. The largest absolute Gasteiger partial charge is 0.445 e. The predicted molar refractivity (Wildman–Crippen MR) is 117 cm³/mol. The molecule has 1 N–H and O–H groups in total. The highest BCUT2D eigenvalue weighted by atomic mass is 19.1. The number of carbonyl (C=O) groups excluding carboxylic acids is 1. The number of carbonyl (C=O) groups is 1. The van der Waals surface area contributed by atoms with E-state index >= 15 is 0 Å². The lowest BCUT2D eigenvalue weighted by molar-refractivity contribution is 0.0693. The van der Waals surface area contributed by atoms with E-state index in [1.807, 2.05) is 30.0 Å². The monoisotopic (exact) mass is 417 g/mol. The second kappa shape index (κ2) is 8.02. The molecule has 1 fully saturated rings. The molecule has 2 aromatic heterocycles. The first-order chi connectivity index (χ1) is 15.0. The topological polar surface area (TPSA) is 62.1 Å². The van der Waals surface area contributed by atoms with Crippen LogP contribution in [0.2, 0.25) is 0 Å². The molecule has 0 radical (unpaired) electrons. The van der Waals surface area contributed by atoms with Crippen molar-refractivity contribution in [1.82, 2.24) is 14.9 Å². The fraction of sp³-hybridized carbons (Fsp3) is 0.280. The number of fused-ring (bicyclic) bond motifs is 1. The van der Waals surface area contributed by atoms with Crippen LogP contribution in [0.3, 0.4) is 0 Å². The molecule has 5 nitrogen and oxygen atoms in total. The van der Waals surface area contributed by atoms with Gasteiger partial charge in [0.05, 0.1) is 12.1 Å². The van der Waals surface area contributed by atoms with Gasteiger partial charge in [-0.1, -0.05) is 24.3 Å². The SMILES string of the molecule is Cc1ccc2cc(C(=O)N3CCCC(c4ncc(Cc5ccc(F)cc5)o4)C3)[nH]c2c1. The molecule has 2 aromatic carbocycles. The third-order valence-electron chi connectivity index (χ3n) is 5.93. The van der Waals surface area contributed by atoms with Crippen LogP contribution in [0.1, 0.15) is 52.0 Å². The molecule has 0 spiro atoms. The van der Waals surface area contributed by atoms with E-state index in [4.69, 9.17) is 4.42 Å². The summed E-state index contributed by atoms with van der Waals surface area (Å²) in [5.41, 5.74) is 3.73. The van der Waals surface area contributed by atoms with Gasteiger partial charge in [-0.3, -0.25) is 4.79 Å². The maximum absolute atomic E-state index is 13.1. The fourth-order valence-electron chi connectivity index (χ4n) is 4.29. The second-order valence-electron chi connectivity index (χ2n) is 8.33. The number of amides is 1. The van der Waals surface area contributed by atoms with Crippen LogP contribution in [0.15, 0.2) is 59.1 Å². The smallest absolute Gasteiger partial charge is 0.270 e. The van der Waals surface area contributed by atoms with Gasteiger partial charge in [0, 0.05) is 30.4 Å². The van der Waals surface area contributed by atoms with Gasteiger partial charge >= 0.3 is 0 Å². The van der Waals surface area contributed by atoms with Crippen molar-refractivity contribution in [2.75, 3.05) is 13.1 Å². The van der Waals surface area contributed by atoms with Crippen LogP contribution in [0.25, 0.3) is 10.9 Å². The summed E-state index contributed by atoms with van der Waals surface area (Å²) < 4.78 is 19.1. The van der Waals surface area contributed by atoms with Crippen LogP contribution in [0.4, 0.5) is 4.39 Å². The van der Waals surface area contributed by atoms with Gasteiger partial charge in [-0.05, 0) is 55.2 Å². The van der Waals surface area contributed by atoms with Gasteiger partial charge < -0.3 is 14.3 Å². The number of piperidine rings is 1. The van der Waals surface area contributed by atoms with Crippen LogP contribution in [-0.2, 0) is 6.42 Å². The Balaban J connectivity index is 1.29. The number of likely N-dealkylation sites (tertiary alicyclic amines) is 1. The first-order valence-electron chi connectivity index (χ1n) is 10.6. The van der Waals surface area contributed by atoms with Crippen molar-refractivity contribution < 1.29 is 13.6 Å². The summed E-state index contributed by atoms with van der Waals surface area (Å²) in [6, 6.07) is 14.5. The lowest BCUT2D eigenvalue weighted by Gasteiger charge is -2.31. The van der Waals surface area contributed by atoms with E-state index in [9.17, 15) is 9.18 Å². The van der Waals surface area contributed by atoms with Gasteiger partial charge in [-0.25, -0.2) is 9.37 Å². The molecule has 1 atom stereocenters. The van der Waals surface area contributed by atoms with Crippen molar-refractivity contribution in [2.24, 2.45) is 0 Å². The highest BCUT2D eigenvalue weighted by Gasteiger charge is 2.29. The van der Waals surface area contributed by atoms with Crippen LogP contribution >= 0.6 is 0 Å². The summed E-state index contributed by atoms with van der Waals surface area (Å²) in [5.74, 6) is 1.25. The molecule has 0 bridgehead atoms. The molecule has 1 aliphatic heterocycles. The molecule has 31 heavy (non-hydrogen) atoms. The van der Waals surface area contributed by atoms with Crippen molar-refractivity contribution >= 4 is 16.8 Å². The van der Waals surface area contributed by atoms with Crippen LogP contribution in [-0.4, -0.2) is 33.9 Å². The van der Waals surface area contributed by atoms with E-state index in [1.165, 1.54) is 12.1 Å². The number of H-pyrrole nitrogens is 1. The summed E-state index contributed by atoms with van der Waals surface area (Å²) >= 11 is 0. The number of rotatable bonds is 4. The molecule has 4 aromatic rings. The molecule has 5 rings (SSSR count). The number of hydrogen-bond acceptors (Lipinski definition) is 3. The second-order valence-corrected chi connectivity index (χ2v) is 8.33. The van der Waals surface area contributed by atoms with Crippen molar-refractivity contribution in [3.05, 3.63) is 89.0 Å². The van der Waals surface area contributed by atoms with Crippen LogP contribution in [0.5, 0.6) is 0 Å². The molecular formula is C25H24FN3O2. The number of nitrogens with zero attached hydrogens (tertiary/aromatic N) is 2.